The maximum atomic E-state index is 13.1. The van der Waals surface area contributed by atoms with Gasteiger partial charge in [-0.3, -0.25) is 14.4 Å². The number of halogens is 1. The number of likely N-dealkylation sites (tertiary alicyclic amines) is 1. The number of piperidine rings is 1. The molecular weight excluding hydrogens is 331 g/mol. The molecule has 1 fully saturated rings. The fraction of sp³-hybridized carbons (Fsp3) is 0.500. The molecule has 1 aromatic heterocycles. The lowest BCUT2D eigenvalue weighted by Crippen LogP contribution is -2.49. The van der Waals surface area contributed by atoms with E-state index in [1.807, 2.05) is 24.6 Å². The number of amides is 1. The number of carbonyl (C=O) groups is 1. The van der Waals surface area contributed by atoms with Crippen molar-refractivity contribution in [2.24, 2.45) is 0 Å². The van der Waals surface area contributed by atoms with E-state index in [9.17, 15) is 9.18 Å². The highest BCUT2D eigenvalue weighted by molar-refractivity contribution is 5.81. The molecule has 1 aliphatic heterocycles. The molecule has 0 bridgehead atoms. The summed E-state index contributed by atoms with van der Waals surface area (Å²) in [4.78, 5) is 14.9. The van der Waals surface area contributed by atoms with Gasteiger partial charge in [-0.05, 0) is 57.0 Å². The summed E-state index contributed by atoms with van der Waals surface area (Å²) in [6, 6.07) is 8.46. The molecule has 5 nitrogen and oxygen atoms in total. The van der Waals surface area contributed by atoms with E-state index in [2.05, 4.69) is 15.3 Å². The molecule has 1 atom stereocenters. The number of nitrogens with one attached hydrogen (secondary N) is 1. The van der Waals surface area contributed by atoms with Crippen molar-refractivity contribution in [3.05, 3.63) is 53.1 Å². The second-order valence-corrected chi connectivity index (χ2v) is 7.05. The molecule has 1 unspecified atom stereocenters. The molecule has 0 radical (unpaired) electrons. The fourth-order valence-corrected chi connectivity index (χ4v) is 3.61. The number of aryl methyl sites for hydroxylation is 2. The van der Waals surface area contributed by atoms with Crippen LogP contribution in [-0.2, 0) is 17.9 Å². The first-order valence-corrected chi connectivity index (χ1v) is 9.30. The average molecular weight is 358 g/mol. The van der Waals surface area contributed by atoms with Crippen LogP contribution in [0.25, 0.3) is 0 Å². The Morgan fingerprint density at radius 3 is 2.73 bits per heavy atom. The first kappa shape index (κ1) is 18.6. The predicted molar refractivity (Wildman–Crippen MR) is 99.2 cm³/mol. The predicted octanol–water partition coefficient (Wildman–Crippen LogP) is 2.81. The molecule has 2 heterocycles. The Labute approximate surface area is 154 Å². The van der Waals surface area contributed by atoms with Gasteiger partial charge in [-0.2, -0.15) is 5.10 Å². The second-order valence-electron chi connectivity index (χ2n) is 7.05. The molecule has 2 aromatic rings. The van der Waals surface area contributed by atoms with Crippen LogP contribution >= 0.6 is 0 Å². The van der Waals surface area contributed by atoms with Gasteiger partial charge in [-0.25, -0.2) is 4.39 Å². The topological polar surface area (TPSA) is 50.2 Å². The van der Waals surface area contributed by atoms with E-state index in [0.29, 0.717) is 19.6 Å². The number of carbonyl (C=O) groups excluding carboxylic acids is 1. The zero-order valence-corrected chi connectivity index (χ0v) is 15.5. The SMILES string of the molecule is Cc1cc(C)n(CCNC(=O)C2CCCCN2Cc2ccc(F)cc2)n1. The minimum atomic E-state index is -0.231. The number of hydrogen-bond donors (Lipinski definition) is 1. The van der Waals surface area contributed by atoms with E-state index < -0.39 is 0 Å². The van der Waals surface area contributed by atoms with E-state index in [-0.39, 0.29) is 17.8 Å². The molecule has 1 aliphatic rings. The molecule has 1 aromatic carbocycles. The molecule has 26 heavy (non-hydrogen) atoms. The highest BCUT2D eigenvalue weighted by atomic mass is 19.1. The largest absolute Gasteiger partial charge is 0.353 e. The summed E-state index contributed by atoms with van der Waals surface area (Å²) in [5, 5.41) is 7.48. The Bertz CT molecular complexity index is 741. The van der Waals surface area contributed by atoms with E-state index in [4.69, 9.17) is 0 Å². The van der Waals surface area contributed by atoms with Crippen molar-refractivity contribution in [2.45, 2.75) is 52.2 Å². The summed E-state index contributed by atoms with van der Waals surface area (Å²) in [6.45, 7) is 6.81. The molecule has 0 saturated carbocycles. The van der Waals surface area contributed by atoms with Crippen LogP contribution < -0.4 is 5.32 Å². The van der Waals surface area contributed by atoms with Gasteiger partial charge in [0.1, 0.15) is 5.82 Å². The van der Waals surface area contributed by atoms with Gasteiger partial charge in [-0.15, -0.1) is 0 Å². The zero-order chi connectivity index (χ0) is 18.5. The number of aromatic nitrogens is 2. The molecule has 3 rings (SSSR count). The van der Waals surface area contributed by atoms with Gasteiger partial charge in [-0.1, -0.05) is 18.6 Å². The van der Waals surface area contributed by atoms with Crippen LogP contribution in [0.15, 0.2) is 30.3 Å². The minimum Gasteiger partial charge on any atom is -0.353 e. The minimum absolute atomic E-state index is 0.0772. The number of rotatable bonds is 6. The average Bonchev–Trinajstić information content (AvgIpc) is 2.95. The van der Waals surface area contributed by atoms with Crippen LogP contribution in [-0.4, -0.2) is 39.7 Å². The highest BCUT2D eigenvalue weighted by Crippen LogP contribution is 2.20. The Kier molecular flexibility index (Phi) is 6.04. The molecule has 0 spiro atoms. The van der Waals surface area contributed by atoms with Crippen molar-refractivity contribution in [1.82, 2.24) is 20.0 Å². The zero-order valence-electron chi connectivity index (χ0n) is 15.5. The van der Waals surface area contributed by atoms with Gasteiger partial charge in [0.25, 0.3) is 0 Å². The van der Waals surface area contributed by atoms with Crippen molar-refractivity contribution in [3.63, 3.8) is 0 Å². The molecule has 1 amide bonds. The highest BCUT2D eigenvalue weighted by Gasteiger charge is 2.28. The van der Waals surface area contributed by atoms with Gasteiger partial charge in [0.2, 0.25) is 5.91 Å². The van der Waals surface area contributed by atoms with Crippen LogP contribution in [0, 0.1) is 19.7 Å². The van der Waals surface area contributed by atoms with Crippen molar-refractivity contribution in [3.8, 4) is 0 Å². The van der Waals surface area contributed by atoms with E-state index in [0.717, 1.165) is 42.8 Å². The summed E-state index contributed by atoms with van der Waals surface area (Å²) in [5.41, 5.74) is 3.13. The van der Waals surface area contributed by atoms with Crippen LogP contribution in [0.2, 0.25) is 0 Å². The maximum absolute atomic E-state index is 13.1. The van der Waals surface area contributed by atoms with E-state index >= 15 is 0 Å². The van der Waals surface area contributed by atoms with Crippen LogP contribution in [0.5, 0.6) is 0 Å². The van der Waals surface area contributed by atoms with Crippen molar-refractivity contribution in [1.29, 1.82) is 0 Å². The maximum Gasteiger partial charge on any atom is 0.237 e. The normalized spacial score (nSPS) is 18.0. The quantitative estimate of drug-likeness (QED) is 0.864. The number of nitrogens with zero attached hydrogens (tertiary/aromatic N) is 3. The summed E-state index contributed by atoms with van der Waals surface area (Å²) in [6.07, 6.45) is 3.03. The lowest BCUT2D eigenvalue weighted by atomic mass is 10.0. The first-order chi connectivity index (χ1) is 12.5. The van der Waals surface area contributed by atoms with Gasteiger partial charge < -0.3 is 5.32 Å². The molecule has 1 saturated heterocycles. The molecule has 1 N–H and O–H groups in total. The first-order valence-electron chi connectivity index (χ1n) is 9.30. The summed E-state index contributed by atoms with van der Waals surface area (Å²) in [5.74, 6) is -0.154. The van der Waals surface area contributed by atoms with Crippen molar-refractivity contribution < 1.29 is 9.18 Å². The third kappa shape index (κ3) is 4.69. The second kappa shape index (κ2) is 8.45. The van der Waals surface area contributed by atoms with Crippen molar-refractivity contribution >= 4 is 5.91 Å². The van der Waals surface area contributed by atoms with Crippen LogP contribution in [0.1, 0.15) is 36.2 Å². The summed E-state index contributed by atoms with van der Waals surface area (Å²) in [7, 11) is 0. The number of benzene rings is 1. The smallest absolute Gasteiger partial charge is 0.237 e. The van der Waals surface area contributed by atoms with E-state index in [1.54, 1.807) is 12.1 Å². The van der Waals surface area contributed by atoms with Gasteiger partial charge >= 0.3 is 0 Å². The molecular formula is C20H27FN4O. The molecule has 140 valence electrons. The number of hydrogen-bond acceptors (Lipinski definition) is 3. The monoisotopic (exact) mass is 358 g/mol. The summed E-state index contributed by atoms with van der Waals surface area (Å²) >= 11 is 0. The lowest BCUT2D eigenvalue weighted by Gasteiger charge is -2.34. The van der Waals surface area contributed by atoms with Crippen molar-refractivity contribution in [2.75, 3.05) is 13.1 Å². The fourth-order valence-electron chi connectivity index (χ4n) is 3.61. The summed E-state index contributed by atoms with van der Waals surface area (Å²) < 4.78 is 15.0. The van der Waals surface area contributed by atoms with Crippen LogP contribution in [0.3, 0.4) is 0 Å². The standard InChI is InChI=1S/C20H27FN4O/c1-15-13-16(2)25(23-15)12-10-22-20(26)19-5-3-4-11-24(19)14-17-6-8-18(21)9-7-17/h6-9,13,19H,3-5,10-12,14H2,1-2H3,(H,22,26). The van der Waals surface area contributed by atoms with E-state index in [1.165, 1.54) is 12.1 Å². The lowest BCUT2D eigenvalue weighted by molar-refractivity contribution is -0.127. The molecule has 0 aliphatic carbocycles. The Balaban J connectivity index is 1.55. The third-order valence-electron chi connectivity index (χ3n) is 4.94. The Hall–Kier alpha value is -2.21. The van der Waals surface area contributed by atoms with Gasteiger partial charge in [0.05, 0.1) is 18.3 Å². The molecule has 6 heteroatoms. The Morgan fingerprint density at radius 1 is 1.27 bits per heavy atom. The van der Waals surface area contributed by atoms with Gasteiger partial charge in [0.15, 0.2) is 0 Å². The third-order valence-corrected chi connectivity index (χ3v) is 4.94. The van der Waals surface area contributed by atoms with Crippen LogP contribution in [0.4, 0.5) is 4.39 Å². The van der Waals surface area contributed by atoms with Gasteiger partial charge in [0, 0.05) is 18.8 Å². The Morgan fingerprint density at radius 2 is 2.04 bits per heavy atom.